The zero-order chi connectivity index (χ0) is 9.84. The molecule has 1 N–H and O–H groups in total. The maximum absolute atomic E-state index is 12.7. The Labute approximate surface area is 86.5 Å². The summed E-state index contributed by atoms with van der Waals surface area (Å²) in [5.74, 6) is 0.360. The number of anilines is 1. The van der Waals surface area contributed by atoms with Crippen molar-refractivity contribution in [2.75, 3.05) is 11.9 Å². The van der Waals surface area contributed by atoms with Crippen LogP contribution in [0, 0.1) is 11.7 Å². The van der Waals surface area contributed by atoms with E-state index in [0.29, 0.717) is 5.92 Å². The minimum atomic E-state index is -0.220. The summed E-state index contributed by atoms with van der Waals surface area (Å²) in [7, 11) is 0. The van der Waals surface area contributed by atoms with Gasteiger partial charge < -0.3 is 5.32 Å². The van der Waals surface area contributed by atoms with Crippen molar-refractivity contribution < 1.29 is 4.39 Å². The molecule has 0 aliphatic carbocycles. The summed E-state index contributed by atoms with van der Waals surface area (Å²) in [6, 6.07) is 4.65. The Hall–Kier alpha value is -0.570. The van der Waals surface area contributed by atoms with E-state index >= 15 is 0 Å². The van der Waals surface area contributed by atoms with Crippen LogP contribution in [-0.4, -0.2) is 6.54 Å². The predicted molar refractivity (Wildman–Crippen MR) is 57.4 cm³/mol. The molecular formula is C10H13BrFN. The molecular weight excluding hydrogens is 233 g/mol. The highest BCUT2D eigenvalue weighted by atomic mass is 79.9. The standard InChI is InChI=1S/C10H13BrFN/c1-7(2)6-13-10-4-3-8(12)5-9(10)11/h3-5,7,13H,6H2,1-2H3. The van der Waals surface area contributed by atoms with Crippen LogP contribution in [0.3, 0.4) is 0 Å². The van der Waals surface area contributed by atoms with Gasteiger partial charge in [-0.15, -0.1) is 0 Å². The molecule has 1 nitrogen and oxygen atoms in total. The minimum Gasteiger partial charge on any atom is -0.384 e. The maximum Gasteiger partial charge on any atom is 0.124 e. The Balaban J connectivity index is 2.67. The lowest BCUT2D eigenvalue weighted by Gasteiger charge is -2.10. The van der Waals surface area contributed by atoms with Gasteiger partial charge in [0.05, 0.1) is 0 Å². The van der Waals surface area contributed by atoms with Crippen LogP contribution < -0.4 is 5.32 Å². The fourth-order valence-corrected chi connectivity index (χ4v) is 1.44. The lowest BCUT2D eigenvalue weighted by Crippen LogP contribution is -2.08. The van der Waals surface area contributed by atoms with E-state index in [1.54, 1.807) is 6.07 Å². The molecule has 0 saturated carbocycles. The Kier molecular flexibility index (Phi) is 3.72. The van der Waals surface area contributed by atoms with Gasteiger partial charge in [-0.05, 0) is 40.0 Å². The summed E-state index contributed by atoms with van der Waals surface area (Å²) in [5.41, 5.74) is 0.940. The first kappa shape index (κ1) is 10.5. The molecule has 0 aliphatic rings. The van der Waals surface area contributed by atoms with Crippen LogP contribution in [0.5, 0.6) is 0 Å². The number of hydrogen-bond acceptors (Lipinski definition) is 1. The third-order valence-electron chi connectivity index (χ3n) is 1.63. The highest BCUT2D eigenvalue weighted by Gasteiger charge is 2.01. The van der Waals surface area contributed by atoms with Gasteiger partial charge in [0.1, 0.15) is 5.82 Å². The molecule has 0 aromatic heterocycles. The first-order chi connectivity index (χ1) is 6.09. The molecule has 0 aliphatic heterocycles. The van der Waals surface area contributed by atoms with Crippen molar-refractivity contribution in [3.63, 3.8) is 0 Å². The van der Waals surface area contributed by atoms with Gasteiger partial charge in [0.25, 0.3) is 0 Å². The highest BCUT2D eigenvalue weighted by molar-refractivity contribution is 9.10. The second-order valence-corrected chi connectivity index (χ2v) is 4.25. The van der Waals surface area contributed by atoms with Crippen molar-refractivity contribution in [2.45, 2.75) is 13.8 Å². The lowest BCUT2D eigenvalue weighted by molar-refractivity contribution is 0.627. The van der Waals surface area contributed by atoms with Crippen LogP contribution >= 0.6 is 15.9 Å². The summed E-state index contributed by atoms with van der Waals surface area (Å²) in [4.78, 5) is 0. The van der Waals surface area contributed by atoms with Gasteiger partial charge >= 0.3 is 0 Å². The normalized spacial score (nSPS) is 10.5. The van der Waals surface area contributed by atoms with Crippen molar-refractivity contribution in [1.82, 2.24) is 0 Å². The Morgan fingerprint density at radius 1 is 1.46 bits per heavy atom. The van der Waals surface area contributed by atoms with E-state index in [9.17, 15) is 4.39 Å². The Bertz CT molecular complexity index is 286. The lowest BCUT2D eigenvalue weighted by atomic mass is 10.2. The third-order valence-corrected chi connectivity index (χ3v) is 2.29. The molecule has 0 bridgehead atoms. The van der Waals surface area contributed by atoms with Crippen molar-refractivity contribution in [3.8, 4) is 0 Å². The number of nitrogens with one attached hydrogen (secondary N) is 1. The van der Waals surface area contributed by atoms with Crippen molar-refractivity contribution in [3.05, 3.63) is 28.5 Å². The molecule has 0 spiro atoms. The SMILES string of the molecule is CC(C)CNc1ccc(F)cc1Br. The quantitative estimate of drug-likeness (QED) is 0.858. The van der Waals surface area contributed by atoms with Crippen molar-refractivity contribution in [2.24, 2.45) is 5.92 Å². The molecule has 0 atom stereocenters. The van der Waals surface area contributed by atoms with Crippen molar-refractivity contribution in [1.29, 1.82) is 0 Å². The summed E-state index contributed by atoms with van der Waals surface area (Å²) in [6.45, 7) is 5.15. The monoisotopic (exact) mass is 245 g/mol. The largest absolute Gasteiger partial charge is 0.384 e. The zero-order valence-electron chi connectivity index (χ0n) is 7.77. The second kappa shape index (κ2) is 4.61. The number of halogens is 2. The van der Waals surface area contributed by atoms with Crippen LogP contribution in [0.2, 0.25) is 0 Å². The van der Waals surface area contributed by atoms with Gasteiger partial charge in [-0.1, -0.05) is 13.8 Å². The van der Waals surface area contributed by atoms with Crippen LogP contribution in [0.1, 0.15) is 13.8 Å². The Morgan fingerprint density at radius 3 is 2.69 bits per heavy atom. The topological polar surface area (TPSA) is 12.0 Å². The first-order valence-electron chi connectivity index (χ1n) is 4.28. The number of hydrogen-bond donors (Lipinski definition) is 1. The van der Waals surface area contributed by atoms with Crippen LogP contribution in [0.4, 0.5) is 10.1 Å². The molecule has 72 valence electrons. The summed E-state index contributed by atoms with van der Waals surface area (Å²) >= 11 is 3.29. The average Bonchev–Trinajstić information content (AvgIpc) is 2.02. The smallest absolute Gasteiger partial charge is 0.124 e. The maximum atomic E-state index is 12.7. The van der Waals surface area contributed by atoms with Crippen LogP contribution in [0.25, 0.3) is 0 Å². The molecule has 13 heavy (non-hydrogen) atoms. The summed E-state index contributed by atoms with van der Waals surface area (Å²) in [5, 5.41) is 3.23. The third kappa shape index (κ3) is 3.35. The molecule has 0 saturated heterocycles. The number of benzene rings is 1. The van der Waals surface area contributed by atoms with Gasteiger partial charge in [-0.3, -0.25) is 0 Å². The molecule has 0 amide bonds. The van der Waals surface area contributed by atoms with Gasteiger partial charge in [0.15, 0.2) is 0 Å². The molecule has 1 aromatic rings. The molecule has 0 fully saturated rings. The molecule has 0 radical (unpaired) electrons. The molecule has 3 heteroatoms. The molecule has 1 aromatic carbocycles. The van der Waals surface area contributed by atoms with Gasteiger partial charge in [0, 0.05) is 16.7 Å². The number of rotatable bonds is 3. The summed E-state index contributed by atoms with van der Waals surface area (Å²) in [6.07, 6.45) is 0. The average molecular weight is 246 g/mol. The van der Waals surface area contributed by atoms with Gasteiger partial charge in [0.2, 0.25) is 0 Å². The van der Waals surface area contributed by atoms with Gasteiger partial charge in [-0.2, -0.15) is 0 Å². The van der Waals surface area contributed by atoms with E-state index in [1.807, 2.05) is 0 Å². The fourth-order valence-electron chi connectivity index (χ4n) is 0.947. The van der Waals surface area contributed by atoms with Gasteiger partial charge in [-0.25, -0.2) is 4.39 Å². The zero-order valence-corrected chi connectivity index (χ0v) is 9.36. The minimum absolute atomic E-state index is 0.220. The highest BCUT2D eigenvalue weighted by Crippen LogP contribution is 2.23. The predicted octanol–water partition coefficient (Wildman–Crippen LogP) is 3.66. The van der Waals surface area contributed by atoms with E-state index in [1.165, 1.54) is 12.1 Å². The fraction of sp³-hybridized carbons (Fsp3) is 0.400. The molecule has 0 heterocycles. The van der Waals surface area contributed by atoms with E-state index < -0.39 is 0 Å². The van der Waals surface area contributed by atoms with E-state index in [0.717, 1.165) is 16.7 Å². The second-order valence-electron chi connectivity index (χ2n) is 3.40. The summed E-state index contributed by atoms with van der Waals surface area (Å²) < 4.78 is 13.5. The Morgan fingerprint density at radius 2 is 2.15 bits per heavy atom. The van der Waals surface area contributed by atoms with E-state index in [4.69, 9.17) is 0 Å². The van der Waals surface area contributed by atoms with Crippen molar-refractivity contribution >= 4 is 21.6 Å². The van der Waals surface area contributed by atoms with Crippen LogP contribution in [0.15, 0.2) is 22.7 Å². The first-order valence-corrected chi connectivity index (χ1v) is 5.08. The van der Waals surface area contributed by atoms with E-state index in [2.05, 4.69) is 35.1 Å². The molecule has 1 rings (SSSR count). The van der Waals surface area contributed by atoms with Crippen LogP contribution in [-0.2, 0) is 0 Å². The molecule has 0 unspecified atom stereocenters. The van der Waals surface area contributed by atoms with E-state index in [-0.39, 0.29) is 5.82 Å².